The number of amides is 1. The van der Waals surface area contributed by atoms with Crippen LogP contribution in [0.3, 0.4) is 0 Å². The molecule has 2 aromatic heterocycles. The summed E-state index contributed by atoms with van der Waals surface area (Å²) >= 11 is 0. The van der Waals surface area contributed by atoms with Crippen molar-refractivity contribution >= 4 is 29.0 Å². The van der Waals surface area contributed by atoms with Crippen molar-refractivity contribution < 1.29 is 9.53 Å². The topological polar surface area (TPSA) is 119 Å². The van der Waals surface area contributed by atoms with Gasteiger partial charge in [-0.15, -0.1) is 0 Å². The van der Waals surface area contributed by atoms with E-state index in [0.717, 1.165) is 41.2 Å². The van der Waals surface area contributed by atoms with Crippen LogP contribution < -0.4 is 15.5 Å². The van der Waals surface area contributed by atoms with Gasteiger partial charge in [-0.3, -0.25) is 4.48 Å². The van der Waals surface area contributed by atoms with E-state index in [0.29, 0.717) is 18.6 Å². The van der Waals surface area contributed by atoms with Gasteiger partial charge >= 0.3 is 6.09 Å². The lowest BCUT2D eigenvalue weighted by atomic mass is 10.2. The van der Waals surface area contributed by atoms with Crippen molar-refractivity contribution in [2.45, 2.75) is 52.1 Å². The molecule has 1 amide bonds. The highest BCUT2D eigenvalue weighted by Gasteiger charge is 2.34. The Bertz CT molecular complexity index is 819. The standard InChI is InChI=1S/C18H29N7O2/c1-18(2,3)27-17(26)20-9-7-8-12-21-13-14(22-12)23-16(19)24-15(13)25(4)10-5-6-11-25/h5-11H2,1-4H3,(H3-,19,20,21,22,23,24,26)/p+1. The summed E-state index contributed by atoms with van der Waals surface area (Å²) < 4.78 is 5.97. The van der Waals surface area contributed by atoms with Crippen molar-refractivity contribution in [1.29, 1.82) is 0 Å². The lowest BCUT2D eigenvalue weighted by Crippen LogP contribution is -2.42. The van der Waals surface area contributed by atoms with Gasteiger partial charge in [0.05, 0.1) is 20.1 Å². The second kappa shape index (κ2) is 7.30. The average molecular weight is 376 g/mol. The average Bonchev–Trinajstić information content (AvgIpc) is 3.16. The van der Waals surface area contributed by atoms with E-state index in [9.17, 15) is 4.79 Å². The zero-order valence-corrected chi connectivity index (χ0v) is 16.6. The number of ether oxygens (including phenoxy) is 1. The molecule has 0 radical (unpaired) electrons. The van der Waals surface area contributed by atoms with E-state index < -0.39 is 11.7 Å². The van der Waals surface area contributed by atoms with Crippen LogP contribution in [-0.2, 0) is 11.2 Å². The summed E-state index contributed by atoms with van der Waals surface area (Å²) in [4.78, 5) is 28.5. The minimum Gasteiger partial charge on any atom is -0.444 e. The third kappa shape index (κ3) is 4.65. The summed E-state index contributed by atoms with van der Waals surface area (Å²) in [6.45, 7) is 8.11. The number of carbonyl (C=O) groups is 1. The first kappa shape index (κ1) is 19.3. The molecule has 3 rings (SSSR count). The molecule has 0 saturated carbocycles. The summed E-state index contributed by atoms with van der Waals surface area (Å²) in [7, 11) is 2.17. The Balaban J connectivity index is 1.66. The summed E-state index contributed by atoms with van der Waals surface area (Å²) in [5.74, 6) is 1.98. The highest BCUT2D eigenvalue weighted by atomic mass is 16.6. The second-order valence-electron chi connectivity index (χ2n) is 8.37. The Labute approximate surface area is 159 Å². The first-order chi connectivity index (χ1) is 12.7. The number of nitrogens with one attached hydrogen (secondary N) is 2. The molecule has 1 fully saturated rings. The maximum absolute atomic E-state index is 11.7. The minimum atomic E-state index is -0.494. The van der Waals surface area contributed by atoms with Crippen molar-refractivity contribution in [2.24, 2.45) is 0 Å². The first-order valence-electron chi connectivity index (χ1n) is 9.50. The predicted octanol–water partition coefficient (Wildman–Crippen LogP) is 2.12. The van der Waals surface area contributed by atoms with Crippen molar-refractivity contribution in [2.75, 3.05) is 32.4 Å². The zero-order chi connectivity index (χ0) is 19.7. The Hall–Kier alpha value is -2.42. The van der Waals surface area contributed by atoms with E-state index in [2.05, 4.69) is 27.3 Å². The number of carbonyl (C=O) groups excluding carboxylic acids is 1. The molecule has 0 bridgehead atoms. The van der Waals surface area contributed by atoms with Gasteiger partial charge in [-0.05, 0) is 27.2 Å². The van der Waals surface area contributed by atoms with Gasteiger partial charge in [-0.1, -0.05) is 0 Å². The number of nitrogen functional groups attached to an aromatic ring is 1. The number of aromatic amines is 1. The summed E-state index contributed by atoms with van der Waals surface area (Å²) in [5.41, 5.74) is 6.91. The number of likely N-dealkylation sites (tertiary alicyclic amines) is 1. The molecule has 9 nitrogen and oxygen atoms in total. The monoisotopic (exact) mass is 376 g/mol. The fourth-order valence-electron chi connectivity index (χ4n) is 3.45. The van der Waals surface area contributed by atoms with Crippen LogP contribution in [0.15, 0.2) is 0 Å². The van der Waals surface area contributed by atoms with Crippen LogP contribution in [0.1, 0.15) is 45.9 Å². The van der Waals surface area contributed by atoms with Crippen LogP contribution in [0, 0.1) is 0 Å². The van der Waals surface area contributed by atoms with Gasteiger partial charge in [-0.2, -0.15) is 9.97 Å². The quantitative estimate of drug-likeness (QED) is 0.543. The molecule has 9 heteroatoms. The van der Waals surface area contributed by atoms with Crippen LogP contribution in [-0.4, -0.2) is 58.3 Å². The number of anilines is 1. The maximum Gasteiger partial charge on any atom is 0.407 e. The van der Waals surface area contributed by atoms with Gasteiger partial charge < -0.3 is 20.8 Å². The van der Waals surface area contributed by atoms with E-state index >= 15 is 0 Å². The third-order valence-electron chi connectivity index (χ3n) is 4.72. The van der Waals surface area contributed by atoms with Crippen LogP contribution in [0.2, 0.25) is 0 Å². The van der Waals surface area contributed by atoms with Crippen LogP contribution >= 0.6 is 0 Å². The fraction of sp³-hybridized carbons (Fsp3) is 0.667. The van der Waals surface area contributed by atoms with E-state index in [1.807, 2.05) is 20.8 Å². The largest absolute Gasteiger partial charge is 0.444 e. The van der Waals surface area contributed by atoms with Crippen molar-refractivity contribution in [3.63, 3.8) is 0 Å². The Morgan fingerprint density at radius 2 is 1.96 bits per heavy atom. The van der Waals surface area contributed by atoms with E-state index in [4.69, 9.17) is 15.5 Å². The number of nitrogens with zero attached hydrogens (tertiary/aromatic N) is 4. The smallest absolute Gasteiger partial charge is 0.407 e. The number of imidazole rings is 1. The number of nitrogens with two attached hydrogens (primary N) is 1. The molecule has 0 aliphatic carbocycles. The number of aryl methyl sites for hydroxylation is 1. The molecular formula is C18H30N7O2+. The SMILES string of the molecule is CC(C)(C)OC(=O)NCCCc1nc2c([N+]3(C)CCCC3)nc(N)nc2[nH]1. The van der Waals surface area contributed by atoms with Crippen molar-refractivity contribution in [3.8, 4) is 0 Å². The van der Waals surface area contributed by atoms with E-state index in [1.54, 1.807) is 0 Å². The Kier molecular flexibility index (Phi) is 5.23. The molecule has 1 saturated heterocycles. The van der Waals surface area contributed by atoms with Crippen LogP contribution in [0.4, 0.5) is 16.6 Å². The molecule has 4 N–H and O–H groups in total. The second-order valence-corrected chi connectivity index (χ2v) is 8.37. The number of aromatic nitrogens is 4. The third-order valence-corrected chi connectivity index (χ3v) is 4.72. The molecule has 1 aliphatic rings. The first-order valence-corrected chi connectivity index (χ1v) is 9.50. The Morgan fingerprint density at radius 1 is 1.26 bits per heavy atom. The maximum atomic E-state index is 11.7. The molecule has 1 aliphatic heterocycles. The molecule has 0 aromatic carbocycles. The van der Waals surface area contributed by atoms with Gasteiger partial charge in [-0.25, -0.2) is 9.78 Å². The molecule has 0 spiro atoms. The molecular weight excluding hydrogens is 346 g/mol. The number of rotatable bonds is 5. The number of alkyl carbamates (subject to hydrolysis) is 1. The van der Waals surface area contributed by atoms with Gasteiger partial charge in [0.2, 0.25) is 5.95 Å². The van der Waals surface area contributed by atoms with Crippen LogP contribution in [0.25, 0.3) is 11.2 Å². The molecule has 27 heavy (non-hydrogen) atoms. The van der Waals surface area contributed by atoms with Crippen molar-refractivity contribution in [1.82, 2.24) is 29.7 Å². The molecule has 2 aromatic rings. The molecule has 0 atom stereocenters. The number of hydrogen-bond acceptors (Lipinski definition) is 6. The molecule has 148 valence electrons. The molecule has 0 unspecified atom stereocenters. The normalized spacial score (nSPS) is 16.6. The van der Waals surface area contributed by atoms with E-state index in [-0.39, 0.29) is 5.95 Å². The minimum absolute atomic E-state index is 0.269. The number of fused-ring (bicyclic) bond motifs is 1. The lowest BCUT2D eigenvalue weighted by molar-refractivity contribution is 0.0527. The highest BCUT2D eigenvalue weighted by molar-refractivity contribution is 5.83. The van der Waals surface area contributed by atoms with Crippen molar-refractivity contribution in [3.05, 3.63) is 5.82 Å². The molecule has 3 heterocycles. The number of hydrogen-bond donors (Lipinski definition) is 3. The fourth-order valence-corrected chi connectivity index (χ4v) is 3.45. The zero-order valence-electron chi connectivity index (χ0n) is 16.6. The summed E-state index contributed by atoms with van der Waals surface area (Å²) in [5, 5.41) is 2.76. The summed E-state index contributed by atoms with van der Waals surface area (Å²) in [6, 6.07) is 0. The van der Waals surface area contributed by atoms with Crippen LogP contribution in [0.5, 0.6) is 0 Å². The Morgan fingerprint density at radius 3 is 2.63 bits per heavy atom. The van der Waals surface area contributed by atoms with Gasteiger partial charge in [0.1, 0.15) is 11.4 Å². The van der Waals surface area contributed by atoms with Gasteiger partial charge in [0, 0.05) is 25.8 Å². The van der Waals surface area contributed by atoms with Gasteiger partial charge in [0.25, 0.3) is 5.82 Å². The summed E-state index contributed by atoms with van der Waals surface area (Å²) in [6.07, 6.45) is 3.38. The van der Waals surface area contributed by atoms with Gasteiger partial charge in [0.15, 0.2) is 11.2 Å². The highest BCUT2D eigenvalue weighted by Crippen LogP contribution is 2.31. The van der Waals surface area contributed by atoms with E-state index in [1.165, 1.54) is 12.8 Å². The number of quaternary nitrogens is 1. The number of H-pyrrole nitrogens is 1. The predicted molar refractivity (Wildman–Crippen MR) is 105 cm³/mol. The lowest BCUT2D eigenvalue weighted by Gasteiger charge is -2.26.